The molecule has 0 spiro atoms. The summed E-state index contributed by atoms with van der Waals surface area (Å²) in [6, 6.07) is 0. The molecule has 0 aliphatic rings. The standard InChI is InChI=1S/C31H57NO6/c1-5-6-7-8-9-10-11-12-13-14-15-16-17-18-19-20-21-22-32(23-26(2)29(33)34,24-27(3)30(35)36)25-28(4)31(37)38/h14-15,26-28H,5-13,16-25H2,1-4H3,(H2-,33,34,35,36,37,38)/p+1/b15-14+. The Labute approximate surface area is 232 Å². The van der Waals surface area contributed by atoms with Crippen molar-refractivity contribution in [1.29, 1.82) is 0 Å². The monoisotopic (exact) mass is 540 g/mol. The first-order valence-corrected chi connectivity index (χ1v) is 15.2. The van der Waals surface area contributed by atoms with E-state index in [1.165, 1.54) is 57.8 Å². The van der Waals surface area contributed by atoms with Gasteiger partial charge >= 0.3 is 17.9 Å². The predicted octanol–water partition coefficient (Wildman–Crippen LogP) is 7.39. The first-order valence-electron chi connectivity index (χ1n) is 15.2. The number of allylic oxidation sites excluding steroid dienone is 2. The molecular weight excluding hydrogens is 482 g/mol. The lowest BCUT2D eigenvalue weighted by molar-refractivity contribution is -0.934. The summed E-state index contributed by atoms with van der Waals surface area (Å²) in [4.78, 5) is 34.8. The summed E-state index contributed by atoms with van der Waals surface area (Å²) in [5, 5.41) is 28.5. The van der Waals surface area contributed by atoms with Crippen LogP contribution in [-0.2, 0) is 14.4 Å². The number of carboxylic acids is 3. The molecule has 0 rings (SSSR count). The number of hydrogen-bond donors (Lipinski definition) is 3. The maximum absolute atomic E-state index is 11.6. The summed E-state index contributed by atoms with van der Waals surface area (Å²) in [5.74, 6) is -4.82. The summed E-state index contributed by atoms with van der Waals surface area (Å²) in [5.41, 5.74) is 0. The predicted molar refractivity (Wildman–Crippen MR) is 154 cm³/mol. The van der Waals surface area contributed by atoms with Gasteiger partial charge in [-0.25, -0.2) is 0 Å². The normalized spacial score (nSPS) is 15.7. The van der Waals surface area contributed by atoms with Crippen molar-refractivity contribution in [2.24, 2.45) is 17.8 Å². The molecule has 0 saturated heterocycles. The van der Waals surface area contributed by atoms with Gasteiger partial charge in [0.25, 0.3) is 0 Å². The summed E-state index contributed by atoms with van der Waals surface area (Å²) >= 11 is 0. The lowest BCUT2D eigenvalue weighted by atomic mass is 10.0. The fraction of sp³-hybridized carbons (Fsp3) is 0.839. The largest absolute Gasteiger partial charge is 0.481 e. The van der Waals surface area contributed by atoms with E-state index in [1.807, 2.05) is 0 Å². The second-order valence-corrected chi connectivity index (χ2v) is 11.6. The Kier molecular flexibility index (Phi) is 20.9. The summed E-state index contributed by atoms with van der Waals surface area (Å²) in [6.45, 7) is 8.45. The van der Waals surface area contributed by atoms with Gasteiger partial charge in [-0.1, -0.05) is 76.9 Å². The minimum absolute atomic E-state index is 0.218. The van der Waals surface area contributed by atoms with Crippen LogP contribution in [-0.4, -0.2) is 63.9 Å². The number of unbranched alkanes of at least 4 members (excludes halogenated alkanes) is 13. The van der Waals surface area contributed by atoms with Gasteiger partial charge in [0.1, 0.15) is 17.8 Å². The number of aliphatic carboxylic acids is 3. The van der Waals surface area contributed by atoms with Crippen LogP contribution in [0.15, 0.2) is 12.2 Å². The lowest BCUT2D eigenvalue weighted by Crippen LogP contribution is -2.57. The minimum atomic E-state index is -0.936. The fourth-order valence-electron chi connectivity index (χ4n) is 5.35. The molecule has 0 fully saturated rings. The van der Waals surface area contributed by atoms with Gasteiger partial charge < -0.3 is 19.8 Å². The highest BCUT2D eigenvalue weighted by Gasteiger charge is 2.38. The van der Waals surface area contributed by atoms with Crippen molar-refractivity contribution in [3.63, 3.8) is 0 Å². The van der Waals surface area contributed by atoms with Crippen molar-refractivity contribution < 1.29 is 34.2 Å². The van der Waals surface area contributed by atoms with Crippen molar-refractivity contribution in [3.05, 3.63) is 12.2 Å². The third-order valence-corrected chi connectivity index (χ3v) is 7.64. The molecule has 3 N–H and O–H groups in total. The molecule has 38 heavy (non-hydrogen) atoms. The average molecular weight is 541 g/mol. The van der Waals surface area contributed by atoms with Gasteiger partial charge in [0.15, 0.2) is 0 Å². The fourth-order valence-corrected chi connectivity index (χ4v) is 5.35. The zero-order valence-electron chi connectivity index (χ0n) is 24.8. The Morgan fingerprint density at radius 2 is 0.868 bits per heavy atom. The topological polar surface area (TPSA) is 112 Å². The summed E-state index contributed by atoms with van der Waals surface area (Å²) in [6.07, 6.45) is 22.8. The first kappa shape index (κ1) is 36.1. The van der Waals surface area contributed by atoms with E-state index in [9.17, 15) is 29.7 Å². The molecule has 0 radical (unpaired) electrons. The van der Waals surface area contributed by atoms with Crippen molar-refractivity contribution in [1.82, 2.24) is 0 Å². The molecule has 3 atom stereocenters. The van der Waals surface area contributed by atoms with Gasteiger partial charge in [0.2, 0.25) is 0 Å². The van der Waals surface area contributed by atoms with E-state index in [2.05, 4.69) is 19.1 Å². The van der Waals surface area contributed by atoms with Crippen LogP contribution in [0.4, 0.5) is 0 Å². The van der Waals surface area contributed by atoms with Gasteiger partial charge in [0.05, 0.1) is 26.2 Å². The van der Waals surface area contributed by atoms with Crippen molar-refractivity contribution in [3.8, 4) is 0 Å². The molecule has 222 valence electrons. The van der Waals surface area contributed by atoms with Crippen LogP contribution in [0.3, 0.4) is 0 Å². The summed E-state index contributed by atoms with van der Waals surface area (Å²) in [7, 11) is 0. The highest BCUT2D eigenvalue weighted by Crippen LogP contribution is 2.22. The molecular formula is C31H58NO6+. The number of nitrogens with zero attached hydrogens (tertiary/aromatic N) is 1. The van der Waals surface area contributed by atoms with E-state index < -0.39 is 35.7 Å². The molecule has 0 bridgehead atoms. The van der Waals surface area contributed by atoms with Crippen LogP contribution >= 0.6 is 0 Å². The van der Waals surface area contributed by atoms with Crippen molar-refractivity contribution >= 4 is 17.9 Å². The number of carboxylic acid groups (broad SMARTS) is 3. The number of carbonyl (C=O) groups is 3. The molecule has 0 aliphatic carbocycles. The van der Waals surface area contributed by atoms with Gasteiger partial charge in [-0.15, -0.1) is 0 Å². The van der Waals surface area contributed by atoms with E-state index in [4.69, 9.17) is 0 Å². The Balaban J connectivity index is 4.48. The zero-order valence-corrected chi connectivity index (χ0v) is 24.8. The van der Waals surface area contributed by atoms with E-state index >= 15 is 0 Å². The Bertz CT molecular complexity index is 622. The van der Waals surface area contributed by atoms with Crippen LogP contribution in [0, 0.1) is 17.8 Å². The van der Waals surface area contributed by atoms with Crippen LogP contribution in [0.5, 0.6) is 0 Å². The smallest absolute Gasteiger partial charge is 0.311 e. The highest BCUT2D eigenvalue weighted by atomic mass is 16.4. The van der Waals surface area contributed by atoms with Crippen molar-refractivity contribution in [2.45, 2.75) is 124 Å². The van der Waals surface area contributed by atoms with Gasteiger partial charge in [0, 0.05) is 0 Å². The van der Waals surface area contributed by atoms with Crippen LogP contribution < -0.4 is 0 Å². The van der Waals surface area contributed by atoms with Crippen molar-refractivity contribution in [2.75, 3.05) is 26.2 Å². The zero-order chi connectivity index (χ0) is 28.8. The average Bonchev–Trinajstić information content (AvgIpc) is 2.85. The molecule has 0 aromatic carbocycles. The maximum atomic E-state index is 11.6. The molecule has 0 saturated carbocycles. The molecule has 0 aliphatic heterocycles. The first-order chi connectivity index (χ1) is 18.0. The maximum Gasteiger partial charge on any atom is 0.311 e. The van der Waals surface area contributed by atoms with E-state index in [0.717, 1.165) is 38.5 Å². The number of hydrogen-bond acceptors (Lipinski definition) is 3. The number of rotatable bonds is 26. The second kappa shape index (κ2) is 22.0. The lowest BCUT2D eigenvalue weighted by Gasteiger charge is -2.42. The molecule has 0 aromatic rings. The van der Waals surface area contributed by atoms with Crippen LogP contribution in [0.25, 0.3) is 0 Å². The summed E-state index contributed by atoms with van der Waals surface area (Å²) < 4.78 is 0.218. The molecule has 0 amide bonds. The van der Waals surface area contributed by atoms with Gasteiger partial charge in [-0.2, -0.15) is 0 Å². The quantitative estimate of drug-likeness (QED) is 0.0599. The molecule has 7 nitrogen and oxygen atoms in total. The third kappa shape index (κ3) is 18.4. The molecule has 0 heterocycles. The Morgan fingerprint density at radius 3 is 1.21 bits per heavy atom. The third-order valence-electron chi connectivity index (χ3n) is 7.64. The van der Waals surface area contributed by atoms with Crippen LogP contribution in [0.2, 0.25) is 0 Å². The Morgan fingerprint density at radius 1 is 0.553 bits per heavy atom. The Hall–Kier alpha value is -1.89. The van der Waals surface area contributed by atoms with Gasteiger partial charge in [-0.05, 0) is 59.3 Å². The minimum Gasteiger partial charge on any atom is -0.481 e. The van der Waals surface area contributed by atoms with E-state index in [-0.39, 0.29) is 24.1 Å². The van der Waals surface area contributed by atoms with E-state index in [0.29, 0.717) is 6.54 Å². The second-order valence-electron chi connectivity index (χ2n) is 11.6. The van der Waals surface area contributed by atoms with E-state index in [1.54, 1.807) is 20.8 Å². The van der Waals surface area contributed by atoms with Crippen LogP contribution in [0.1, 0.15) is 124 Å². The molecule has 3 unspecified atom stereocenters. The SMILES string of the molecule is CCCCCCCCCC/C=C/CCCCCCC[N+](CC(C)C(=O)O)(CC(C)C(=O)O)CC(C)C(=O)O. The molecule has 0 aromatic heterocycles. The van der Waals surface area contributed by atoms with Gasteiger partial charge in [-0.3, -0.25) is 14.4 Å². The highest BCUT2D eigenvalue weighted by molar-refractivity contribution is 5.70. The molecule has 7 heteroatoms. The number of quaternary nitrogens is 1.